The molecule has 1 aliphatic heterocycles. The van der Waals surface area contributed by atoms with Crippen molar-refractivity contribution in [2.24, 2.45) is 0 Å². The summed E-state index contributed by atoms with van der Waals surface area (Å²) in [4.78, 5) is 12.6. The van der Waals surface area contributed by atoms with E-state index in [9.17, 15) is 13.2 Å². The van der Waals surface area contributed by atoms with E-state index in [-0.39, 0.29) is 18.0 Å². The molecule has 0 aromatic heterocycles. The first-order valence-corrected chi connectivity index (χ1v) is 10.6. The fourth-order valence-corrected chi connectivity index (χ4v) is 5.00. The van der Waals surface area contributed by atoms with Crippen LogP contribution in [0.15, 0.2) is 42.5 Å². The van der Waals surface area contributed by atoms with Crippen molar-refractivity contribution < 1.29 is 13.2 Å². The Bertz CT molecular complexity index is 959. The molecule has 1 N–H and O–H groups in total. The van der Waals surface area contributed by atoms with Crippen LogP contribution in [0.1, 0.15) is 41.4 Å². The van der Waals surface area contributed by atoms with E-state index in [1.165, 1.54) is 10.6 Å². The van der Waals surface area contributed by atoms with Gasteiger partial charge < -0.3 is 5.32 Å². The molecule has 0 saturated carbocycles. The molecule has 1 aliphatic rings. The zero-order valence-corrected chi connectivity index (χ0v) is 16.4. The van der Waals surface area contributed by atoms with Crippen molar-refractivity contribution >= 4 is 33.2 Å². The molecule has 0 spiro atoms. The third-order valence-electron chi connectivity index (χ3n) is 4.57. The number of hydrogen-bond donors (Lipinski definition) is 1. The largest absolute Gasteiger partial charge is 0.345 e. The standard InChI is InChI=1S/C19H21ClN2O3S/c1-12-10-15-11-14(8-9-18(15)22(12)26(3,24)25)19(23)21-13(2)16-6-4-5-7-17(16)20/h4-9,11-13H,10H2,1-3H3,(H,21,23)/t12-,13-/m1/s1. The number of hydrogen-bond acceptors (Lipinski definition) is 3. The maximum absolute atomic E-state index is 12.6. The lowest BCUT2D eigenvalue weighted by Crippen LogP contribution is -2.34. The molecule has 2 aromatic rings. The number of rotatable bonds is 4. The Labute approximate surface area is 159 Å². The molecule has 3 rings (SSSR count). The van der Waals surface area contributed by atoms with Gasteiger partial charge >= 0.3 is 0 Å². The highest BCUT2D eigenvalue weighted by atomic mass is 35.5. The van der Waals surface area contributed by atoms with Crippen LogP contribution in [0, 0.1) is 0 Å². The highest BCUT2D eigenvalue weighted by Crippen LogP contribution is 2.34. The molecular weight excluding hydrogens is 372 g/mol. The minimum Gasteiger partial charge on any atom is -0.345 e. The van der Waals surface area contributed by atoms with Gasteiger partial charge in [0.1, 0.15) is 0 Å². The van der Waals surface area contributed by atoms with Crippen LogP contribution in [-0.4, -0.2) is 26.6 Å². The van der Waals surface area contributed by atoms with Crippen LogP contribution in [-0.2, 0) is 16.4 Å². The number of carbonyl (C=O) groups excluding carboxylic acids is 1. The number of nitrogens with zero attached hydrogens (tertiary/aromatic N) is 1. The average molecular weight is 393 g/mol. The van der Waals surface area contributed by atoms with Crippen LogP contribution in [0.5, 0.6) is 0 Å². The number of carbonyl (C=O) groups is 1. The van der Waals surface area contributed by atoms with E-state index in [4.69, 9.17) is 11.6 Å². The molecule has 1 heterocycles. The first-order valence-electron chi connectivity index (χ1n) is 8.36. The van der Waals surface area contributed by atoms with Crippen molar-refractivity contribution in [3.05, 3.63) is 64.2 Å². The predicted octanol–water partition coefficient (Wildman–Crippen LogP) is 3.54. The van der Waals surface area contributed by atoms with E-state index < -0.39 is 10.0 Å². The van der Waals surface area contributed by atoms with Gasteiger partial charge in [0.15, 0.2) is 0 Å². The molecule has 0 aliphatic carbocycles. The second-order valence-corrected chi connectivity index (χ2v) is 8.94. The van der Waals surface area contributed by atoms with E-state index in [1.807, 2.05) is 32.0 Å². The van der Waals surface area contributed by atoms with Crippen LogP contribution in [0.25, 0.3) is 0 Å². The first-order chi connectivity index (χ1) is 12.2. The molecular formula is C19H21ClN2O3S. The minimum atomic E-state index is -3.34. The summed E-state index contributed by atoms with van der Waals surface area (Å²) in [6.45, 7) is 3.74. The first kappa shape index (κ1) is 18.7. The second-order valence-electron chi connectivity index (χ2n) is 6.67. The van der Waals surface area contributed by atoms with Crippen molar-refractivity contribution in [2.75, 3.05) is 10.6 Å². The predicted molar refractivity (Wildman–Crippen MR) is 104 cm³/mol. The summed E-state index contributed by atoms with van der Waals surface area (Å²) >= 11 is 6.19. The highest BCUT2D eigenvalue weighted by molar-refractivity contribution is 7.92. The molecule has 0 saturated heterocycles. The average Bonchev–Trinajstić information content (AvgIpc) is 2.89. The smallest absolute Gasteiger partial charge is 0.251 e. The minimum absolute atomic E-state index is 0.152. The van der Waals surface area contributed by atoms with Gasteiger partial charge in [-0.05, 0) is 55.7 Å². The molecule has 1 amide bonds. The lowest BCUT2D eigenvalue weighted by atomic mass is 10.0. The zero-order chi connectivity index (χ0) is 19.1. The third kappa shape index (κ3) is 3.57. The van der Waals surface area contributed by atoms with Gasteiger partial charge in [0, 0.05) is 16.6 Å². The molecule has 7 heteroatoms. The summed E-state index contributed by atoms with van der Waals surface area (Å²) in [6, 6.07) is 12.1. The quantitative estimate of drug-likeness (QED) is 0.865. The zero-order valence-electron chi connectivity index (χ0n) is 14.9. The monoisotopic (exact) mass is 392 g/mol. The molecule has 2 aromatic carbocycles. The molecule has 5 nitrogen and oxygen atoms in total. The Kier molecular flexibility index (Phi) is 4.99. The van der Waals surface area contributed by atoms with Crippen molar-refractivity contribution in [3.63, 3.8) is 0 Å². The molecule has 0 unspecified atom stereocenters. The number of fused-ring (bicyclic) bond motifs is 1. The van der Waals surface area contributed by atoms with Crippen molar-refractivity contribution in [3.8, 4) is 0 Å². The number of sulfonamides is 1. The number of benzene rings is 2. The Hall–Kier alpha value is -2.05. The van der Waals surface area contributed by atoms with Gasteiger partial charge in [-0.3, -0.25) is 9.10 Å². The van der Waals surface area contributed by atoms with Crippen molar-refractivity contribution in [2.45, 2.75) is 32.4 Å². The maximum Gasteiger partial charge on any atom is 0.251 e. The SMILES string of the molecule is C[C@@H]1Cc2cc(C(=O)N[C@H](C)c3ccccc3Cl)ccc2N1S(C)(=O)=O. The normalized spacial score (nSPS) is 17.7. The molecule has 138 valence electrons. The lowest BCUT2D eigenvalue weighted by Gasteiger charge is -2.22. The Morgan fingerprint density at radius 1 is 1.27 bits per heavy atom. The van der Waals surface area contributed by atoms with Crippen LogP contribution in [0.2, 0.25) is 5.02 Å². The Morgan fingerprint density at radius 3 is 2.62 bits per heavy atom. The summed E-state index contributed by atoms with van der Waals surface area (Å²) in [5.41, 5.74) is 2.86. The Morgan fingerprint density at radius 2 is 1.96 bits per heavy atom. The molecule has 2 atom stereocenters. The van der Waals surface area contributed by atoms with E-state index in [2.05, 4.69) is 5.32 Å². The topological polar surface area (TPSA) is 66.5 Å². The number of halogens is 1. The maximum atomic E-state index is 12.6. The van der Waals surface area contributed by atoms with Crippen LogP contribution >= 0.6 is 11.6 Å². The van der Waals surface area contributed by atoms with Crippen LogP contribution in [0.4, 0.5) is 5.69 Å². The van der Waals surface area contributed by atoms with E-state index >= 15 is 0 Å². The number of nitrogens with one attached hydrogen (secondary N) is 1. The highest BCUT2D eigenvalue weighted by Gasteiger charge is 2.32. The van der Waals surface area contributed by atoms with Crippen LogP contribution in [0.3, 0.4) is 0 Å². The summed E-state index contributed by atoms with van der Waals surface area (Å²) in [7, 11) is -3.34. The van der Waals surface area contributed by atoms with Gasteiger partial charge in [0.25, 0.3) is 5.91 Å². The second kappa shape index (κ2) is 6.93. The van der Waals surface area contributed by atoms with Gasteiger partial charge in [-0.2, -0.15) is 0 Å². The lowest BCUT2D eigenvalue weighted by molar-refractivity contribution is 0.0940. The molecule has 0 bridgehead atoms. The molecule has 26 heavy (non-hydrogen) atoms. The van der Waals surface area contributed by atoms with Gasteiger partial charge in [-0.1, -0.05) is 29.8 Å². The number of amides is 1. The summed E-state index contributed by atoms with van der Waals surface area (Å²) < 4.78 is 25.4. The van der Waals surface area contributed by atoms with Crippen molar-refractivity contribution in [1.82, 2.24) is 5.32 Å². The number of anilines is 1. The van der Waals surface area contributed by atoms with Crippen LogP contribution < -0.4 is 9.62 Å². The van der Waals surface area contributed by atoms with Gasteiger partial charge in [-0.15, -0.1) is 0 Å². The molecule has 0 radical (unpaired) electrons. The fourth-order valence-electron chi connectivity index (χ4n) is 3.43. The van der Waals surface area contributed by atoms with E-state index in [0.29, 0.717) is 22.7 Å². The third-order valence-corrected chi connectivity index (χ3v) is 6.19. The van der Waals surface area contributed by atoms with Gasteiger partial charge in [0.05, 0.1) is 18.0 Å². The van der Waals surface area contributed by atoms with Crippen molar-refractivity contribution in [1.29, 1.82) is 0 Å². The summed E-state index contributed by atoms with van der Waals surface area (Å²) in [5.74, 6) is -0.217. The van der Waals surface area contributed by atoms with Gasteiger partial charge in [-0.25, -0.2) is 8.42 Å². The molecule has 0 fully saturated rings. The Balaban J connectivity index is 1.82. The van der Waals surface area contributed by atoms with Gasteiger partial charge in [0.2, 0.25) is 10.0 Å². The van der Waals surface area contributed by atoms with E-state index in [1.54, 1.807) is 24.3 Å². The fraction of sp³-hybridized carbons (Fsp3) is 0.316. The summed E-state index contributed by atoms with van der Waals surface area (Å²) in [5, 5.41) is 3.55. The van der Waals surface area contributed by atoms with E-state index in [0.717, 1.165) is 11.1 Å². The summed E-state index contributed by atoms with van der Waals surface area (Å²) in [6.07, 6.45) is 1.79.